The Hall–Kier alpha value is -4.13. The lowest BCUT2D eigenvalue weighted by molar-refractivity contribution is -0.114. The van der Waals surface area contributed by atoms with E-state index in [2.05, 4.69) is 16.0 Å². The molecule has 1 heterocycles. The van der Waals surface area contributed by atoms with Gasteiger partial charge < -0.3 is 20.9 Å². The summed E-state index contributed by atoms with van der Waals surface area (Å²) in [5.41, 5.74) is 3.35. The lowest BCUT2D eigenvalue weighted by atomic mass is 10.1. The quantitative estimate of drug-likeness (QED) is 0.458. The molecule has 3 amide bonds. The van der Waals surface area contributed by atoms with Crippen molar-refractivity contribution < 1.29 is 14.4 Å². The minimum absolute atomic E-state index is 0.00119. The van der Waals surface area contributed by atoms with Gasteiger partial charge in [0.1, 0.15) is 0 Å². The van der Waals surface area contributed by atoms with Gasteiger partial charge in [-0.3, -0.25) is 14.4 Å². The molecule has 0 radical (unpaired) electrons. The van der Waals surface area contributed by atoms with E-state index in [4.69, 9.17) is 0 Å². The molecule has 180 valence electrons. The fourth-order valence-corrected chi connectivity index (χ4v) is 4.05. The maximum absolute atomic E-state index is 12.7. The third-order valence-corrected chi connectivity index (χ3v) is 5.91. The second-order valence-electron chi connectivity index (χ2n) is 8.58. The molecular formula is C28H30N4O3. The number of carbonyl (C=O) groups is 3. The number of benzene rings is 3. The Morgan fingerprint density at radius 3 is 2.20 bits per heavy atom. The molecule has 7 nitrogen and oxygen atoms in total. The van der Waals surface area contributed by atoms with Crippen LogP contribution in [0.15, 0.2) is 78.9 Å². The molecule has 7 heteroatoms. The van der Waals surface area contributed by atoms with Crippen molar-refractivity contribution in [3.05, 3.63) is 95.6 Å². The summed E-state index contributed by atoms with van der Waals surface area (Å²) in [5.74, 6) is -0.426. The zero-order valence-electron chi connectivity index (χ0n) is 19.6. The average Bonchev–Trinajstić information content (AvgIpc) is 2.91. The summed E-state index contributed by atoms with van der Waals surface area (Å²) in [7, 11) is 0. The van der Waals surface area contributed by atoms with Crippen LogP contribution in [-0.4, -0.2) is 42.3 Å². The lowest BCUT2D eigenvalue weighted by Gasteiger charge is -2.26. The number of likely N-dealkylation sites (tertiary alicyclic amines) is 1. The van der Waals surface area contributed by atoms with Gasteiger partial charge in [-0.05, 0) is 61.2 Å². The van der Waals surface area contributed by atoms with Crippen molar-refractivity contribution in [3.8, 4) is 0 Å². The number of amides is 3. The SMILES string of the molecule is O=C(CNc1cccc(C(=O)NCc2ccccc2)c1)Nc1cccc(C(=O)N2CCCCC2)c1. The van der Waals surface area contributed by atoms with Crippen molar-refractivity contribution in [2.45, 2.75) is 25.8 Å². The normalized spacial score (nSPS) is 13.1. The maximum Gasteiger partial charge on any atom is 0.253 e. The van der Waals surface area contributed by atoms with Crippen LogP contribution in [0.3, 0.4) is 0 Å². The predicted molar refractivity (Wildman–Crippen MR) is 137 cm³/mol. The maximum atomic E-state index is 12.7. The zero-order chi connectivity index (χ0) is 24.5. The first-order chi connectivity index (χ1) is 17.1. The molecular weight excluding hydrogens is 440 g/mol. The molecule has 1 aliphatic rings. The number of anilines is 2. The molecule has 4 rings (SSSR count). The van der Waals surface area contributed by atoms with Gasteiger partial charge in [-0.15, -0.1) is 0 Å². The summed E-state index contributed by atoms with van der Waals surface area (Å²) in [6.07, 6.45) is 3.22. The van der Waals surface area contributed by atoms with Crippen LogP contribution >= 0.6 is 0 Å². The molecule has 0 spiro atoms. The highest BCUT2D eigenvalue weighted by molar-refractivity contribution is 5.98. The van der Waals surface area contributed by atoms with E-state index in [1.807, 2.05) is 35.2 Å². The number of piperidine rings is 1. The highest BCUT2D eigenvalue weighted by atomic mass is 16.2. The van der Waals surface area contributed by atoms with Gasteiger partial charge in [0.15, 0.2) is 0 Å². The van der Waals surface area contributed by atoms with E-state index in [0.29, 0.717) is 29.0 Å². The van der Waals surface area contributed by atoms with Gasteiger partial charge in [0, 0.05) is 42.1 Å². The topological polar surface area (TPSA) is 90.5 Å². The van der Waals surface area contributed by atoms with E-state index in [9.17, 15) is 14.4 Å². The largest absolute Gasteiger partial charge is 0.376 e. The third-order valence-electron chi connectivity index (χ3n) is 5.91. The number of rotatable bonds is 8. The summed E-state index contributed by atoms with van der Waals surface area (Å²) >= 11 is 0. The molecule has 3 aromatic carbocycles. The molecule has 0 aromatic heterocycles. The van der Waals surface area contributed by atoms with Crippen LogP contribution in [0.4, 0.5) is 11.4 Å². The van der Waals surface area contributed by atoms with Crippen molar-refractivity contribution in [1.29, 1.82) is 0 Å². The summed E-state index contributed by atoms with van der Waals surface area (Å²) in [6.45, 7) is 2.03. The fraction of sp³-hybridized carbons (Fsp3) is 0.250. The number of nitrogens with one attached hydrogen (secondary N) is 3. The lowest BCUT2D eigenvalue weighted by Crippen LogP contribution is -2.35. The van der Waals surface area contributed by atoms with Gasteiger partial charge in [-0.1, -0.05) is 42.5 Å². The van der Waals surface area contributed by atoms with E-state index in [1.165, 1.54) is 0 Å². The van der Waals surface area contributed by atoms with Crippen LogP contribution < -0.4 is 16.0 Å². The first kappa shape index (κ1) is 24.0. The van der Waals surface area contributed by atoms with Gasteiger partial charge in [0.05, 0.1) is 6.54 Å². The van der Waals surface area contributed by atoms with Gasteiger partial charge >= 0.3 is 0 Å². The highest BCUT2D eigenvalue weighted by Gasteiger charge is 2.18. The van der Waals surface area contributed by atoms with Gasteiger partial charge in [0.25, 0.3) is 11.8 Å². The number of hydrogen-bond acceptors (Lipinski definition) is 4. The second-order valence-corrected chi connectivity index (χ2v) is 8.58. The van der Waals surface area contributed by atoms with E-state index < -0.39 is 0 Å². The van der Waals surface area contributed by atoms with E-state index in [0.717, 1.165) is 37.9 Å². The van der Waals surface area contributed by atoms with Crippen molar-refractivity contribution in [2.75, 3.05) is 30.3 Å². The van der Waals surface area contributed by atoms with E-state index in [-0.39, 0.29) is 24.3 Å². The van der Waals surface area contributed by atoms with Crippen molar-refractivity contribution in [2.24, 2.45) is 0 Å². The van der Waals surface area contributed by atoms with Crippen molar-refractivity contribution in [3.63, 3.8) is 0 Å². The zero-order valence-corrected chi connectivity index (χ0v) is 19.6. The minimum Gasteiger partial charge on any atom is -0.376 e. The van der Waals surface area contributed by atoms with Gasteiger partial charge in [-0.2, -0.15) is 0 Å². The molecule has 1 saturated heterocycles. The van der Waals surface area contributed by atoms with E-state index in [1.54, 1.807) is 48.5 Å². The highest BCUT2D eigenvalue weighted by Crippen LogP contribution is 2.17. The standard InChI is InChI=1S/C28H30N4O3/c33-26(31-25-14-8-12-23(18-25)28(35)32-15-5-2-6-16-32)20-29-24-13-7-11-22(17-24)27(34)30-19-21-9-3-1-4-10-21/h1,3-4,7-14,17-18,29H,2,5-6,15-16,19-20H2,(H,30,34)(H,31,33). The molecule has 3 N–H and O–H groups in total. The molecule has 0 aliphatic carbocycles. The monoisotopic (exact) mass is 470 g/mol. The van der Waals surface area contributed by atoms with Crippen LogP contribution in [0.1, 0.15) is 45.5 Å². The Balaban J connectivity index is 1.28. The number of nitrogens with zero attached hydrogens (tertiary/aromatic N) is 1. The predicted octanol–water partition coefficient (Wildman–Crippen LogP) is 4.29. The molecule has 0 atom stereocenters. The van der Waals surface area contributed by atoms with Crippen LogP contribution in [0.2, 0.25) is 0 Å². The van der Waals surface area contributed by atoms with Crippen LogP contribution in [0, 0.1) is 0 Å². The van der Waals surface area contributed by atoms with Crippen LogP contribution in [0.25, 0.3) is 0 Å². The summed E-state index contributed by atoms with van der Waals surface area (Å²) in [4.78, 5) is 39.6. The van der Waals surface area contributed by atoms with Gasteiger partial charge in [-0.25, -0.2) is 0 Å². The summed E-state index contributed by atoms with van der Waals surface area (Å²) in [6, 6.07) is 23.8. The van der Waals surface area contributed by atoms with Crippen molar-refractivity contribution >= 4 is 29.1 Å². The van der Waals surface area contributed by atoms with Crippen LogP contribution in [-0.2, 0) is 11.3 Å². The molecule has 0 bridgehead atoms. The molecule has 35 heavy (non-hydrogen) atoms. The van der Waals surface area contributed by atoms with Crippen molar-refractivity contribution in [1.82, 2.24) is 10.2 Å². The smallest absolute Gasteiger partial charge is 0.253 e. The second kappa shape index (κ2) is 11.8. The Morgan fingerprint density at radius 2 is 1.43 bits per heavy atom. The van der Waals surface area contributed by atoms with E-state index >= 15 is 0 Å². The van der Waals surface area contributed by atoms with Gasteiger partial charge in [0.2, 0.25) is 5.91 Å². The first-order valence-electron chi connectivity index (χ1n) is 11.9. The Kier molecular flexibility index (Phi) is 8.12. The first-order valence-corrected chi connectivity index (χ1v) is 11.9. The third kappa shape index (κ3) is 6.93. The number of hydrogen-bond donors (Lipinski definition) is 3. The minimum atomic E-state index is -0.244. The molecule has 1 aliphatic heterocycles. The van der Waals surface area contributed by atoms with Crippen LogP contribution in [0.5, 0.6) is 0 Å². The Bertz CT molecular complexity index is 1170. The Labute approximate surface area is 205 Å². The molecule has 1 fully saturated rings. The molecule has 0 saturated carbocycles. The average molecular weight is 471 g/mol. The molecule has 3 aromatic rings. The number of carbonyl (C=O) groups excluding carboxylic acids is 3. The fourth-order valence-electron chi connectivity index (χ4n) is 4.05. The Morgan fingerprint density at radius 1 is 0.743 bits per heavy atom. The summed E-state index contributed by atoms with van der Waals surface area (Å²) in [5, 5.41) is 8.79. The summed E-state index contributed by atoms with van der Waals surface area (Å²) < 4.78 is 0. The molecule has 0 unspecified atom stereocenters.